The first-order valence-electron chi connectivity index (χ1n) is 7.01. The number of carbonyl (C=O) groups is 1. The molecule has 1 saturated heterocycles. The molecule has 0 aliphatic carbocycles. The van der Waals surface area contributed by atoms with E-state index in [4.69, 9.17) is 10.5 Å². The second-order valence-electron chi connectivity index (χ2n) is 5.17. The summed E-state index contributed by atoms with van der Waals surface area (Å²) in [5.74, 6) is -2.03. The molecule has 0 saturated carbocycles. The normalized spacial score (nSPS) is 20.4. The fourth-order valence-corrected chi connectivity index (χ4v) is 2.49. The van der Waals surface area contributed by atoms with Crippen LogP contribution in [0.3, 0.4) is 0 Å². The Labute approximate surface area is 130 Å². The van der Waals surface area contributed by atoms with E-state index in [0.717, 1.165) is 12.1 Å². The summed E-state index contributed by atoms with van der Waals surface area (Å²) in [4.78, 5) is 11.0. The average molecular weight is 320 g/mol. The number of rotatable bonds is 4. The molecule has 1 aromatic heterocycles. The van der Waals surface area contributed by atoms with Crippen molar-refractivity contribution in [1.29, 1.82) is 0 Å². The molecule has 1 aromatic carbocycles. The van der Waals surface area contributed by atoms with Crippen LogP contribution in [0.25, 0.3) is 0 Å². The van der Waals surface area contributed by atoms with Crippen molar-refractivity contribution >= 4 is 11.7 Å². The van der Waals surface area contributed by atoms with Crippen LogP contribution in [0.5, 0.6) is 0 Å². The second-order valence-corrected chi connectivity index (χ2v) is 5.17. The third kappa shape index (κ3) is 3.26. The van der Waals surface area contributed by atoms with Crippen molar-refractivity contribution in [3.05, 3.63) is 53.2 Å². The molecule has 1 aliphatic heterocycles. The topological polar surface area (TPSA) is 90.1 Å². The van der Waals surface area contributed by atoms with Crippen molar-refractivity contribution in [3.63, 3.8) is 0 Å². The Bertz CT molecular complexity index is 724. The van der Waals surface area contributed by atoms with Crippen LogP contribution in [-0.2, 0) is 4.74 Å². The lowest BCUT2D eigenvalue weighted by atomic mass is 10.0. The van der Waals surface area contributed by atoms with Crippen molar-refractivity contribution in [2.75, 3.05) is 11.9 Å². The van der Waals surface area contributed by atoms with Crippen LogP contribution in [0.4, 0.5) is 14.6 Å². The quantitative estimate of drug-likeness (QED) is 0.896. The van der Waals surface area contributed by atoms with E-state index < -0.39 is 23.6 Å². The number of benzene rings is 1. The van der Waals surface area contributed by atoms with Gasteiger partial charge in [0.25, 0.3) is 5.91 Å². The molecule has 0 spiro atoms. The molecule has 120 valence electrons. The summed E-state index contributed by atoms with van der Waals surface area (Å²) in [6.07, 6.45) is 0.242. The van der Waals surface area contributed by atoms with Gasteiger partial charge in [-0.05, 0) is 36.2 Å². The highest BCUT2D eigenvalue weighted by Crippen LogP contribution is 2.31. The van der Waals surface area contributed by atoms with Gasteiger partial charge in [-0.15, -0.1) is 10.2 Å². The van der Waals surface area contributed by atoms with Crippen molar-refractivity contribution in [2.24, 2.45) is 5.73 Å². The number of anilines is 1. The molecular weight excluding hydrogens is 306 g/mol. The van der Waals surface area contributed by atoms with E-state index in [0.29, 0.717) is 24.4 Å². The third-order valence-electron chi connectivity index (χ3n) is 3.61. The van der Waals surface area contributed by atoms with Gasteiger partial charge in [0.1, 0.15) is 11.9 Å². The Morgan fingerprint density at radius 1 is 1.22 bits per heavy atom. The van der Waals surface area contributed by atoms with E-state index in [-0.39, 0.29) is 11.7 Å². The lowest BCUT2D eigenvalue weighted by Gasteiger charge is -2.20. The maximum absolute atomic E-state index is 13.4. The molecule has 1 fully saturated rings. The van der Waals surface area contributed by atoms with Gasteiger partial charge in [0.15, 0.2) is 17.3 Å². The van der Waals surface area contributed by atoms with Gasteiger partial charge in [-0.3, -0.25) is 4.79 Å². The van der Waals surface area contributed by atoms with E-state index in [2.05, 4.69) is 15.5 Å². The molecule has 2 aromatic rings. The van der Waals surface area contributed by atoms with Crippen LogP contribution in [-0.4, -0.2) is 28.8 Å². The minimum atomic E-state index is -0.914. The van der Waals surface area contributed by atoms with E-state index >= 15 is 0 Å². The fraction of sp³-hybridized carbons (Fsp3) is 0.267. The zero-order chi connectivity index (χ0) is 16.4. The minimum absolute atomic E-state index is 0.0652. The van der Waals surface area contributed by atoms with Gasteiger partial charge in [-0.2, -0.15) is 0 Å². The lowest BCUT2D eigenvalue weighted by Crippen LogP contribution is -2.24. The summed E-state index contributed by atoms with van der Waals surface area (Å²) in [6, 6.07) is 6.56. The molecule has 3 N–H and O–H groups in total. The Morgan fingerprint density at radius 3 is 2.70 bits per heavy atom. The minimum Gasteiger partial charge on any atom is -0.371 e. The fourth-order valence-electron chi connectivity index (χ4n) is 2.49. The van der Waals surface area contributed by atoms with E-state index in [1.54, 1.807) is 6.07 Å². The van der Waals surface area contributed by atoms with E-state index in [1.807, 2.05) is 0 Å². The van der Waals surface area contributed by atoms with Gasteiger partial charge in [0.2, 0.25) is 0 Å². The molecule has 2 heterocycles. The molecule has 0 bridgehead atoms. The first-order valence-corrected chi connectivity index (χ1v) is 7.01. The summed E-state index contributed by atoms with van der Waals surface area (Å²) < 4.78 is 32.0. The molecule has 0 radical (unpaired) electrons. The highest BCUT2D eigenvalue weighted by Gasteiger charge is 2.30. The third-order valence-corrected chi connectivity index (χ3v) is 3.61. The first-order chi connectivity index (χ1) is 11.0. The molecule has 2 unspecified atom stereocenters. The monoisotopic (exact) mass is 320 g/mol. The zero-order valence-electron chi connectivity index (χ0n) is 12.0. The molecule has 2 atom stereocenters. The lowest BCUT2D eigenvalue weighted by molar-refractivity contribution is 0.0994. The van der Waals surface area contributed by atoms with Crippen LogP contribution in [0.2, 0.25) is 0 Å². The standard InChI is InChI=1S/C15H14F2N4O2/c16-9-2-1-8(7-10(9)17)14-11(5-6-23-14)19-13-4-3-12(15(18)22)20-21-13/h1-4,7,11,14H,5-6H2,(H2,18,22)(H,19,21). The van der Waals surface area contributed by atoms with Gasteiger partial charge in [0, 0.05) is 6.61 Å². The second kappa shape index (κ2) is 6.25. The Morgan fingerprint density at radius 2 is 2.04 bits per heavy atom. The summed E-state index contributed by atoms with van der Waals surface area (Å²) in [5, 5.41) is 10.7. The van der Waals surface area contributed by atoms with Crippen LogP contribution >= 0.6 is 0 Å². The number of hydrogen-bond donors (Lipinski definition) is 2. The molecule has 1 amide bonds. The Kier molecular flexibility index (Phi) is 4.16. The highest BCUT2D eigenvalue weighted by atomic mass is 19.2. The number of halogens is 2. The molecule has 6 nitrogen and oxygen atoms in total. The maximum atomic E-state index is 13.4. The van der Waals surface area contributed by atoms with Crippen LogP contribution in [0.1, 0.15) is 28.6 Å². The number of amides is 1. The first kappa shape index (κ1) is 15.3. The zero-order valence-corrected chi connectivity index (χ0v) is 12.0. The van der Waals surface area contributed by atoms with E-state index in [1.165, 1.54) is 12.1 Å². The summed E-state index contributed by atoms with van der Waals surface area (Å²) in [5.41, 5.74) is 5.71. The van der Waals surface area contributed by atoms with Gasteiger partial charge in [-0.25, -0.2) is 8.78 Å². The largest absolute Gasteiger partial charge is 0.371 e. The smallest absolute Gasteiger partial charge is 0.269 e. The van der Waals surface area contributed by atoms with Crippen molar-refractivity contribution in [2.45, 2.75) is 18.6 Å². The maximum Gasteiger partial charge on any atom is 0.269 e. The summed E-state index contributed by atoms with van der Waals surface area (Å²) in [6.45, 7) is 0.480. The number of primary amides is 1. The molecular formula is C15H14F2N4O2. The predicted octanol–water partition coefficient (Wildman–Crippen LogP) is 1.80. The number of carbonyl (C=O) groups excluding carboxylic acids is 1. The van der Waals surface area contributed by atoms with Crippen molar-refractivity contribution in [1.82, 2.24) is 10.2 Å². The van der Waals surface area contributed by atoms with Crippen LogP contribution < -0.4 is 11.1 Å². The van der Waals surface area contributed by atoms with Crippen LogP contribution in [0, 0.1) is 11.6 Å². The van der Waals surface area contributed by atoms with Gasteiger partial charge < -0.3 is 15.8 Å². The summed E-state index contributed by atoms with van der Waals surface area (Å²) in [7, 11) is 0. The Hall–Kier alpha value is -2.61. The summed E-state index contributed by atoms with van der Waals surface area (Å²) >= 11 is 0. The van der Waals surface area contributed by atoms with Gasteiger partial charge in [-0.1, -0.05) is 6.07 Å². The molecule has 23 heavy (non-hydrogen) atoms. The molecule has 1 aliphatic rings. The van der Waals surface area contributed by atoms with E-state index in [9.17, 15) is 13.6 Å². The number of aromatic nitrogens is 2. The number of nitrogens with zero attached hydrogens (tertiary/aromatic N) is 2. The molecule has 8 heteroatoms. The highest BCUT2D eigenvalue weighted by molar-refractivity contribution is 5.90. The number of hydrogen-bond acceptors (Lipinski definition) is 5. The van der Waals surface area contributed by atoms with Gasteiger partial charge >= 0.3 is 0 Å². The van der Waals surface area contributed by atoms with Gasteiger partial charge in [0.05, 0.1) is 6.04 Å². The van der Waals surface area contributed by atoms with Crippen LogP contribution in [0.15, 0.2) is 30.3 Å². The Balaban J connectivity index is 1.76. The van der Waals surface area contributed by atoms with Crippen molar-refractivity contribution in [3.8, 4) is 0 Å². The number of nitrogens with two attached hydrogens (primary N) is 1. The predicted molar refractivity (Wildman–Crippen MR) is 77.6 cm³/mol. The number of nitrogens with one attached hydrogen (secondary N) is 1. The van der Waals surface area contributed by atoms with Crippen molar-refractivity contribution < 1.29 is 18.3 Å². The SMILES string of the molecule is NC(=O)c1ccc(NC2CCOC2c2ccc(F)c(F)c2)nn1. The average Bonchev–Trinajstić information content (AvgIpc) is 2.99. The molecule has 3 rings (SSSR count). The number of ether oxygens (including phenoxy) is 1.